The lowest BCUT2D eigenvalue weighted by Gasteiger charge is -2.34. The van der Waals surface area contributed by atoms with Crippen molar-refractivity contribution in [1.82, 2.24) is 14.3 Å². The second kappa shape index (κ2) is 7.65. The van der Waals surface area contributed by atoms with Crippen molar-refractivity contribution in [3.05, 3.63) is 72.8 Å². The van der Waals surface area contributed by atoms with Gasteiger partial charge in [-0.25, -0.2) is 22.8 Å². The Morgan fingerprint density at radius 3 is 2.32 bits per heavy atom. The molecule has 0 saturated carbocycles. The number of aromatic nitrogens is 2. The number of nitrogens with zero attached hydrogens (tertiary/aromatic N) is 4. The van der Waals surface area contributed by atoms with Crippen molar-refractivity contribution in [3.63, 3.8) is 0 Å². The van der Waals surface area contributed by atoms with Crippen molar-refractivity contribution in [1.29, 1.82) is 0 Å². The number of halogens is 1. The summed E-state index contributed by atoms with van der Waals surface area (Å²) >= 11 is 0. The van der Waals surface area contributed by atoms with Gasteiger partial charge in [0.1, 0.15) is 18.0 Å². The first-order valence-corrected chi connectivity index (χ1v) is 10.4. The first-order valence-electron chi connectivity index (χ1n) is 8.92. The molecule has 1 aliphatic heterocycles. The van der Waals surface area contributed by atoms with Crippen LogP contribution in [0.1, 0.15) is 0 Å². The average Bonchev–Trinajstić information content (AvgIpc) is 2.74. The Kier molecular flexibility index (Phi) is 5.06. The highest BCUT2D eigenvalue weighted by Crippen LogP contribution is 2.23. The second-order valence-electron chi connectivity index (χ2n) is 6.48. The summed E-state index contributed by atoms with van der Waals surface area (Å²) in [6.07, 6.45) is 1.52. The highest BCUT2D eigenvalue weighted by Gasteiger charge is 2.29. The molecule has 0 unspecified atom stereocenters. The van der Waals surface area contributed by atoms with Crippen LogP contribution in [0.3, 0.4) is 0 Å². The molecule has 0 amide bonds. The van der Waals surface area contributed by atoms with E-state index in [4.69, 9.17) is 0 Å². The smallest absolute Gasteiger partial charge is 0.243 e. The molecule has 4 rings (SSSR count). The molecule has 0 N–H and O–H groups in total. The van der Waals surface area contributed by atoms with Gasteiger partial charge in [0.15, 0.2) is 0 Å². The molecule has 0 atom stereocenters. The Hall–Kier alpha value is -2.84. The molecule has 28 heavy (non-hydrogen) atoms. The first-order chi connectivity index (χ1) is 13.5. The molecule has 2 aromatic carbocycles. The number of hydrogen-bond acceptors (Lipinski definition) is 5. The predicted octanol–water partition coefficient (Wildman–Crippen LogP) is 2.79. The Morgan fingerprint density at radius 1 is 0.857 bits per heavy atom. The predicted molar refractivity (Wildman–Crippen MR) is 105 cm³/mol. The molecule has 144 valence electrons. The molecule has 1 aliphatic rings. The van der Waals surface area contributed by atoms with E-state index in [1.54, 1.807) is 0 Å². The Balaban J connectivity index is 1.49. The van der Waals surface area contributed by atoms with E-state index in [1.807, 2.05) is 41.3 Å². The summed E-state index contributed by atoms with van der Waals surface area (Å²) < 4.78 is 40.3. The topological polar surface area (TPSA) is 66.4 Å². The third kappa shape index (κ3) is 3.74. The van der Waals surface area contributed by atoms with Crippen LogP contribution in [0.5, 0.6) is 0 Å². The molecule has 1 aromatic heterocycles. The maximum absolute atomic E-state index is 13.4. The van der Waals surface area contributed by atoms with Crippen LogP contribution in [0.4, 0.5) is 10.2 Å². The van der Waals surface area contributed by atoms with Gasteiger partial charge in [0.05, 0.1) is 10.6 Å². The summed E-state index contributed by atoms with van der Waals surface area (Å²) in [7, 11) is -3.71. The molecule has 1 fully saturated rings. The van der Waals surface area contributed by atoms with Crippen LogP contribution in [-0.4, -0.2) is 48.9 Å². The Morgan fingerprint density at radius 2 is 1.61 bits per heavy atom. The number of anilines is 1. The van der Waals surface area contributed by atoms with Crippen molar-refractivity contribution in [2.45, 2.75) is 4.90 Å². The van der Waals surface area contributed by atoms with E-state index in [-0.39, 0.29) is 4.90 Å². The summed E-state index contributed by atoms with van der Waals surface area (Å²) in [4.78, 5) is 10.7. The van der Waals surface area contributed by atoms with Crippen LogP contribution < -0.4 is 4.90 Å². The standard InChI is InChI=1S/C20H19FN4O2S/c21-17-7-4-8-18(13-17)28(26,27)25-11-9-24(10-12-25)20-14-19(22-15-23-20)16-5-2-1-3-6-16/h1-8,13-15H,9-12H2. The molecule has 6 nitrogen and oxygen atoms in total. The second-order valence-corrected chi connectivity index (χ2v) is 8.41. The molecule has 2 heterocycles. The monoisotopic (exact) mass is 398 g/mol. The van der Waals surface area contributed by atoms with Crippen molar-refractivity contribution in [2.75, 3.05) is 31.1 Å². The third-order valence-corrected chi connectivity index (χ3v) is 6.61. The van der Waals surface area contributed by atoms with Crippen molar-refractivity contribution in [2.24, 2.45) is 0 Å². The van der Waals surface area contributed by atoms with Gasteiger partial charge in [-0.2, -0.15) is 4.31 Å². The minimum absolute atomic E-state index is 0.0191. The van der Waals surface area contributed by atoms with Crippen LogP contribution in [0.25, 0.3) is 11.3 Å². The van der Waals surface area contributed by atoms with Gasteiger partial charge in [-0.15, -0.1) is 0 Å². The number of benzene rings is 2. The van der Waals surface area contributed by atoms with Gasteiger partial charge < -0.3 is 4.90 Å². The van der Waals surface area contributed by atoms with E-state index in [0.717, 1.165) is 23.1 Å². The van der Waals surface area contributed by atoms with Gasteiger partial charge >= 0.3 is 0 Å². The molecular formula is C20H19FN4O2S. The van der Waals surface area contributed by atoms with E-state index >= 15 is 0 Å². The fraction of sp³-hybridized carbons (Fsp3) is 0.200. The van der Waals surface area contributed by atoms with E-state index in [2.05, 4.69) is 9.97 Å². The van der Waals surface area contributed by atoms with Gasteiger partial charge in [-0.1, -0.05) is 36.4 Å². The molecule has 0 radical (unpaired) electrons. The van der Waals surface area contributed by atoms with Crippen LogP contribution in [0, 0.1) is 5.82 Å². The van der Waals surface area contributed by atoms with Crippen LogP contribution in [0.15, 0.2) is 71.9 Å². The van der Waals surface area contributed by atoms with Crippen molar-refractivity contribution in [3.8, 4) is 11.3 Å². The molecule has 8 heteroatoms. The number of rotatable bonds is 4. The lowest BCUT2D eigenvalue weighted by molar-refractivity contribution is 0.383. The summed E-state index contributed by atoms with van der Waals surface area (Å²) in [5, 5.41) is 0. The first kappa shape index (κ1) is 18.5. The summed E-state index contributed by atoms with van der Waals surface area (Å²) in [6, 6.07) is 16.8. The normalized spacial score (nSPS) is 15.5. The highest BCUT2D eigenvalue weighted by atomic mass is 32.2. The average molecular weight is 398 g/mol. The van der Waals surface area contributed by atoms with E-state index < -0.39 is 15.8 Å². The fourth-order valence-electron chi connectivity index (χ4n) is 3.22. The number of piperazine rings is 1. The van der Waals surface area contributed by atoms with E-state index in [9.17, 15) is 12.8 Å². The summed E-state index contributed by atoms with van der Waals surface area (Å²) in [6.45, 7) is 1.62. The van der Waals surface area contributed by atoms with Gasteiger partial charge in [0.2, 0.25) is 10.0 Å². The van der Waals surface area contributed by atoms with E-state index in [0.29, 0.717) is 26.2 Å². The minimum atomic E-state index is -3.71. The Labute approximate surface area is 163 Å². The van der Waals surface area contributed by atoms with Crippen LogP contribution in [-0.2, 0) is 10.0 Å². The lowest BCUT2D eigenvalue weighted by atomic mass is 10.1. The Bertz CT molecular complexity index is 1070. The molecular weight excluding hydrogens is 379 g/mol. The largest absolute Gasteiger partial charge is 0.354 e. The van der Waals surface area contributed by atoms with E-state index in [1.165, 1.54) is 28.8 Å². The van der Waals surface area contributed by atoms with Gasteiger partial charge in [-0.05, 0) is 18.2 Å². The van der Waals surface area contributed by atoms with Gasteiger partial charge in [0, 0.05) is 37.8 Å². The van der Waals surface area contributed by atoms with Crippen LogP contribution in [0.2, 0.25) is 0 Å². The molecule has 1 saturated heterocycles. The summed E-state index contributed by atoms with van der Waals surface area (Å²) in [5.74, 6) is 0.200. The minimum Gasteiger partial charge on any atom is -0.354 e. The number of sulfonamides is 1. The zero-order valence-electron chi connectivity index (χ0n) is 15.1. The zero-order valence-corrected chi connectivity index (χ0v) is 15.9. The number of hydrogen-bond donors (Lipinski definition) is 0. The van der Waals surface area contributed by atoms with Gasteiger partial charge in [-0.3, -0.25) is 0 Å². The fourth-order valence-corrected chi connectivity index (χ4v) is 4.68. The van der Waals surface area contributed by atoms with Gasteiger partial charge in [0.25, 0.3) is 0 Å². The van der Waals surface area contributed by atoms with Crippen LogP contribution >= 0.6 is 0 Å². The quantitative estimate of drug-likeness (QED) is 0.676. The molecule has 3 aromatic rings. The molecule has 0 aliphatic carbocycles. The van der Waals surface area contributed by atoms with Crippen molar-refractivity contribution < 1.29 is 12.8 Å². The zero-order chi connectivity index (χ0) is 19.6. The van der Waals surface area contributed by atoms with Crippen molar-refractivity contribution >= 4 is 15.8 Å². The SMILES string of the molecule is O=S(=O)(c1cccc(F)c1)N1CCN(c2cc(-c3ccccc3)ncn2)CC1. The molecule has 0 bridgehead atoms. The maximum Gasteiger partial charge on any atom is 0.243 e. The molecule has 0 spiro atoms. The third-order valence-electron chi connectivity index (χ3n) is 4.72. The summed E-state index contributed by atoms with van der Waals surface area (Å²) in [5.41, 5.74) is 1.82. The maximum atomic E-state index is 13.4. The lowest BCUT2D eigenvalue weighted by Crippen LogP contribution is -2.48. The highest BCUT2D eigenvalue weighted by molar-refractivity contribution is 7.89.